The van der Waals surface area contributed by atoms with E-state index in [4.69, 9.17) is 0 Å². The Morgan fingerprint density at radius 2 is 2.05 bits per heavy atom. The number of benzene rings is 1. The van der Waals surface area contributed by atoms with E-state index in [0.29, 0.717) is 17.1 Å². The third kappa shape index (κ3) is 3.23. The zero-order valence-electron chi connectivity index (χ0n) is 10.4. The largest absolute Gasteiger partial charge is 0.380 e. The Bertz CT molecular complexity index is 575. The molecule has 19 heavy (non-hydrogen) atoms. The molecule has 0 atom stereocenters. The Morgan fingerprint density at radius 1 is 1.32 bits per heavy atom. The van der Waals surface area contributed by atoms with Crippen molar-refractivity contribution in [1.82, 2.24) is 4.98 Å². The summed E-state index contributed by atoms with van der Waals surface area (Å²) in [7, 11) is 0. The van der Waals surface area contributed by atoms with Crippen LogP contribution in [0.5, 0.6) is 0 Å². The molecule has 0 fully saturated rings. The number of nitro benzene ring substituents is 1. The van der Waals surface area contributed by atoms with Gasteiger partial charge in [0.25, 0.3) is 0 Å². The summed E-state index contributed by atoms with van der Waals surface area (Å²) < 4.78 is 0. The second-order valence-corrected chi connectivity index (χ2v) is 4.84. The smallest absolute Gasteiger partial charge is 0.306 e. The predicted molar refractivity (Wildman–Crippen MR) is 75.6 cm³/mol. The van der Waals surface area contributed by atoms with E-state index in [-0.39, 0.29) is 10.6 Å². The number of rotatable bonds is 5. The first kappa shape index (κ1) is 13.4. The van der Waals surface area contributed by atoms with Crippen LogP contribution in [-0.4, -0.2) is 16.5 Å². The second kappa shape index (κ2) is 6.19. The fourth-order valence-electron chi connectivity index (χ4n) is 1.66. The van der Waals surface area contributed by atoms with E-state index in [1.165, 1.54) is 11.8 Å². The fourth-order valence-corrected chi connectivity index (χ4v) is 2.60. The van der Waals surface area contributed by atoms with Crippen molar-refractivity contribution >= 4 is 23.1 Å². The molecule has 0 unspecified atom stereocenters. The number of nitrogens with zero attached hydrogens (tertiary/aromatic N) is 2. The molecule has 6 heteroatoms. The van der Waals surface area contributed by atoms with Crippen LogP contribution in [0.2, 0.25) is 0 Å². The van der Waals surface area contributed by atoms with Gasteiger partial charge in [0.2, 0.25) is 0 Å². The van der Waals surface area contributed by atoms with Gasteiger partial charge in [-0.3, -0.25) is 15.1 Å². The maximum atomic E-state index is 11.2. The monoisotopic (exact) mass is 275 g/mol. The number of pyridine rings is 1. The molecule has 0 aliphatic rings. The minimum atomic E-state index is -0.346. The molecule has 5 nitrogen and oxygen atoms in total. The Balaban J connectivity index is 2.39. The molecule has 0 aliphatic heterocycles. The number of para-hydroxylation sites is 1. The van der Waals surface area contributed by atoms with Crippen LogP contribution >= 0.6 is 11.8 Å². The first-order valence-electron chi connectivity index (χ1n) is 5.81. The molecule has 1 aromatic heterocycles. The Morgan fingerprint density at radius 3 is 2.68 bits per heavy atom. The first-order chi connectivity index (χ1) is 9.22. The number of hydrogen-bond donors (Lipinski definition) is 1. The van der Waals surface area contributed by atoms with Crippen molar-refractivity contribution in [2.75, 3.05) is 11.9 Å². The summed E-state index contributed by atoms with van der Waals surface area (Å²) >= 11 is 1.36. The zero-order valence-corrected chi connectivity index (χ0v) is 11.2. The summed E-state index contributed by atoms with van der Waals surface area (Å²) in [6.07, 6.45) is 3.34. The molecule has 98 valence electrons. The number of aromatic nitrogens is 1. The molecule has 1 heterocycles. The van der Waals surface area contributed by atoms with Gasteiger partial charge in [-0.25, -0.2) is 0 Å². The molecular weight excluding hydrogens is 262 g/mol. The van der Waals surface area contributed by atoms with Crippen LogP contribution in [0, 0.1) is 10.1 Å². The lowest BCUT2D eigenvalue weighted by atomic mass is 10.2. The van der Waals surface area contributed by atoms with E-state index in [1.807, 2.05) is 25.1 Å². The van der Waals surface area contributed by atoms with Gasteiger partial charge in [0, 0.05) is 23.8 Å². The van der Waals surface area contributed by atoms with Crippen molar-refractivity contribution in [1.29, 1.82) is 0 Å². The minimum absolute atomic E-state index is 0.117. The summed E-state index contributed by atoms with van der Waals surface area (Å²) in [5.74, 6) is 0. The lowest BCUT2D eigenvalue weighted by Gasteiger charge is -2.08. The Labute approximate surface area is 115 Å². The summed E-state index contributed by atoms with van der Waals surface area (Å²) in [6.45, 7) is 2.55. The molecule has 0 saturated heterocycles. The van der Waals surface area contributed by atoms with E-state index in [1.54, 1.807) is 24.5 Å². The average Bonchev–Trinajstić information content (AvgIpc) is 2.40. The lowest BCUT2D eigenvalue weighted by Crippen LogP contribution is -2.02. The zero-order chi connectivity index (χ0) is 13.7. The van der Waals surface area contributed by atoms with Crippen LogP contribution in [0.4, 0.5) is 11.4 Å². The molecule has 0 radical (unpaired) electrons. The van der Waals surface area contributed by atoms with Crippen LogP contribution < -0.4 is 5.32 Å². The third-order valence-corrected chi connectivity index (χ3v) is 3.48. The van der Waals surface area contributed by atoms with Crippen LogP contribution in [-0.2, 0) is 0 Å². The van der Waals surface area contributed by atoms with Gasteiger partial charge in [0.05, 0.1) is 9.82 Å². The van der Waals surface area contributed by atoms with E-state index >= 15 is 0 Å². The van der Waals surface area contributed by atoms with Crippen LogP contribution in [0.1, 0.15) is 6.92 Å². The van der Waals surface area contributed by atoms with Crippen molar-refractivity contribution in [3.63, 3.8) is 0 Å². The van der Waals surface area contributed by atoms with E-state index in [0.717, 1.165) is 4.90 Å². The van der Waals surface area contributed by atoms with Gasteiger partial charge in [-0.1, -0.05) is 17.8 Å². The molecule has 1 aromatic carbocycles. The van der Waals surface area contributed by atoms with Crippen molar-refractivity contribution in [3.8, 4) is 0 Å². The fraction of sp³-hybridized carbons (Fsp3) is 0.154. The topological polar surface area (TPSA) is 68.1 Å². The van der Waals surface area contributed by atoms with Gasteiger partial charge in [-0.2, -0.15) is 0 Å². The minimum Gasteiger partial charge on any atom is -0.380 e. The summed E-state index contributed by atoms with van der Waals surface area (Å²) in [5, 5.41) is 14.3. The quantitative estimate of drug-likeness (QED) is 0.667. The van der Waals surface area contributed by atoms with Crippen LogP contribution in [0.15, 0.2) is 52.5 Å². The van der Waals surface area contributed by atoms with Gasteiger partial charge in [-0.05, 0) is 31.2 Å². The molecule has 0 saturated carbocycles. The van der Waals surface area contributed by atoms with Crippen molar-refractivity contribution in [3.05, 3.63) is 52.8 Å². The molecule has 2 rings (SSSR count). The Kier molecular flexibility index (Phi) is 4.35. The molecule has 0 bridgehead atoms. The van der Waals surface area contributed by atoms with Crippen molar-refractivity contribution in [2.24, 2.45) is 0 Å². The van der Waals surface area contributed by atoms with Gasteiger partial charge in [0.15, 0.2) is 0 Å². The van der Waals surface area contributed by atoms with Gasteiger partial charge < -0.3 is 5.32 Å². The highest BCUT2D eigenvalue weighted by Crippen LogP contribution is 2.38. The normalized spacial score (nSPS) is 10.2. The van der Waals surface area contributed by atoms with Crippen LogP contribution in [0.3, 0.4) is 0 Å². The maximum absolute atomic E-state index is 11.2. The summed E-state index contributed by atoms with van der Waals surface area (Å²) in [4.78, 5) is 16.4. The standard InChI is InChI=1S/C13H13N3O2S/c1-2-15-11-4-3-5-12(13(11)16(17)18)19-10-6-8-14-9-7-10/h3-9,15H,2H2,1H3. The van der Waals surface area contributed by atoms with E-state index in [9.17, 15) is 10.1 Å². The highest BCUT2D eigenvalue weighted by molar-refractivity contribution is 7.99. The lowest BCUT2D eigenvalue weighted by molar-refractivity contribution is -0.386. The van der Waals surface area contributed by atoms with Gasteiger partial charge in [0.1, 0.15) is 5.69 Å². The molecule has 2 aromatic rings. The SMILES string of the molecule is CCNc1cccc(Sc2ccncc2)c1[N+](=O)[O-]. The van der Waals surface area contributed by atoms with Gasteiger partial charge in [-0.15, -0.1) is 0 Å². The molecular formula is C13H13N3O2S. The second-order valence-electron chi connectivity index (χ2n) is 3.72. The van der Waals surface area contributed by atoms with E-state index < -0.39 is 0 Å². The van der Waals surface area contributed by atoms with Gasteiger partial charge >= 0.3 is 5.69 Å². The predicted octanol–water partition coefficient (Wildman–Crippen LogP) is 3.57. The first-order valence-corrected chi connectivity index (χ1v) is 6.63. The molecule has 1 N–H and O–H groups in total. The summed E-state index contributed by atoms with van der Waals surface area (Å²) in [6, 6.07) is 8.94. The number of hydrogen-bond acceptors (Lipinski definition) is 5. The van der Waals surface area contributed by atoms with Crippen molar-refractivity contribution < 1.29 is 4.92 Å². The van der Waals surface area contributed by atoms with Crippen LogP contribution in [0.25, 0.3) is 0 Å². The molecule has 0 spiro atoms. The highest BCUT2D eigenvalue weighted by atomic mass is 32.2. The number of nitrogens with one attached hydrogen (secondary N) is 1. The Hall–Kier alpha value is -2.08. The maximum Gasteiger partial charge on any atom is 0.306 e. The van der Waals surface area contributed by atoms with Crippen molar-refractivity contribution in [2.45, 2.75) is 16.7 Å². The summed E-state index contributed by atoms with van der Waals surface area (Å²) in [5.41, 5.74) is 0.665. The third-order valence-electron chi connectivity index (χ3n) is 2.43. The molecule has 0 aliphatic carbocycles. The number of nitro groups is 1. The highest BCUT2D eigenvalue weighted by Gasteiger charge is 2.19. The number of anilines is 1. The average molecular weight is 275 g/mol. The van der Waals surface area contributed by atoms with E-state index in [2.05, 4.69) is 10.3 Å². The molecule has 0 amide bonds.